The lowest BCUT2D eigenvalue weighted by atomic mass is 9.91. The molecule has 2 heterocycles. The normalized spacial score (nSPS) is 15.5. The molecule has 1 aromatic heterocycles. The molecule has 0 aliphatic carbocycles. The average molecular weight is 810 g/mol. The first kappa shape index (κ1) is 39.5. The number of nitrogens with zero attached hydrogens (tertiary/aromatic N) is 2. The number of aromatic nitrogens is 1. The number of esters is 1. The van der Waals surface area contributed by atoms with Crippen molar-refractivity contribution in [3.8, 4) is 17.2 Å². The number of methoxy groups -OCH3 is 2. The highest BCUT2D eigenvalue weighted by atomic mass is 16.6. The number of carbonyl (C=O) groups excluding carboxylic acids is 3. The molecule has 6 aromatic rings. The van der Waals surface area contributed by atoms with Crippen molar-refractivity contribution in [3.05, 3.63) is 93.3 Å². The number of benzene rings is 5. The quantitative estimate of drug-likeness (QED) is 0.0938. The molecular formula is C40H31N3O16. The Kier molecular flexibility index (Phi) is 9.83. The number of pyridine rings is 1. The molecule has 2 atom stereocenters. The Bertz CT molecular complexity index is 3180. The van der Waals surface area contributed by atoms with Crippen LogP contribution in [0.1, 0.15) is 12.6 Å². The second-order valence-electron chi connectivity index (χ2n) is 13.7. The minimum atomic E-state index is -1.52. The third kappa shape index (κ3) is 6.22. The fraction of sp³-hybridized carbons (Fsp3) is 0.250. The molecule has 59 heavy (non-hydrogen) atoms. The zero-order valence-corrected chi connectivity index (χ0v) is 31.5. The van der Waals surface area contributed by atoms with E-state index >= 15 is 0 Å². The van der Waals surface area contributed by atoms with Crippen molar-refractivity contribution in [1.29, 1.82) is 0 Å². The molecule has 1 aliphatic rings. The van der Waals surface area contributed by atoms with Crippen LogP contribution in [0.15, 0.2) is 60.4 Å². The van der Waals surface area contributed by atoms with Crippen LogP contribution in [0.3, 0.4) is 0 Å². The van der Waals surface area contributed by atoms with Crippen LogP contribution in [0, 0.1) is 6.92 Å². The van der Waals surface area contributed by atoms with Crippen molar-refractivity contribution < 1.29 is 53.1 Å². The van der Waals surface area contributed by atoms with Gasteiger partial charge in [-0.25, -0.2) is 14.4 Å². The van der Waals surface area contributed by atoms with Crippen molar-refractivity contribution in [2.24, 2.45) is 0 Å². The van der Waals surface area contributed by atoms with E-state index in [1.807, 2.05) is 0 Å². The number of carboxylic acids is 2. The molecule has 2 unspecified atom stereocenters. The number of hydrogen-bond acceptors (Lipinski definition) is 14. The highest BCUT2D eigenvalue weighted by molar-refractivity contribution is 6.23. The number of carbonyl (C=O) groups is 5. The molecule has 0 saturated carbocycles. The van der Waals surface area contributed by atoms with Gasteiger partial charge in [-0.15, -0.1) is 0 Å². The Labute approximate surface area is 328 Å². The minimum absolute atomic E-state index is 0.0651. The lowest BCUT2D eigenvalue weighted by Gasteiger charge is -2.36. The summed E-state index contributed by atoms with van der Waals surface area (Å²) >= 11 is 0. The molecular weight excluding hydrogens is 778 g/mol. The summed E-state index contributed by atoms with van der Waals surface area (Å²) < 4.78 is 22.4. The smallest absolute Gasteiger partial charge is 0.343 e. The van der Waals surface area contributed by atoms with Crippen LogP contribution in [-0.4, -0.2) is 95.5 Å². The Hall–Kier alpha value is -7.70. The monoisotopic (exact) mass is 809 g/mol. The van der Waals surface area contributed by atoms with E-state index in [2.05, 4.69) is 10.1 Å². The highest BCUT2D eigenvalue weighted by Gasteiger charge is 2.38. The number of nitrogens with one attached hydrogen (secondary N) is 1. The number of aryl methyl sites for hydroxylation is 1. The Morgan fingerprint density at radius 2 is 1.41 bits per heavy atom. The van der Waals surface area contributed by atoms with Gasteiger partial charge in [0.1, 0.15) is 35.9 Å². The maximum atomic E-state index is 14.8. The topological polar surface area (TPSA) is 268 Å². The molecule has 19 heteroatoms. The first-order chi connectivity index (χ1) is 28.0. The second kappa shape index (κ2) is 14.7. The third-order valence-electron chi connectivity index (χ3n) is 10.4. The first-order valence-corrected chi connectivity index (χ1v) is 17.7. The van der Waals surface area contributed by atoms with Gasteiger partial charge in [-0.3, -0.25) is 33.6 Å². The van der Waals surface area contributed by atoms with Crippen LogP contribution in [0.25, 0.3) is 53.9 Å². The van der Waals surface area contributed by atoms with Gasteiger partial charge in [0.2, 0.25) is 22.7 Å². The van der Waals surface area contributed by atoms with Crippen molar-refractivity contribution in [2.45, 2.75) is 32.5 Å². The van der Waals surface area contributed by atoms with Crippen molar-refractivity contribution in [1.82, 2.24) is 14.8 Å². The van der Waals surface area contributed by atoms with Crippen molar-refractivity contribution in [2.75, 3.05) is 34.0 Å². The number of piperazine rings is 1. The van der Waals surface area contributed by atoms with Gasteiger partial charge in [0.05, 0.1) is 42.3 Å². The van der Waals surface area contributed by atoms with E-state index in [1.165, 1.54) is 50.2 Å². The van der Waals surface area contributed by atoms with E-state index < -0.39 is 123 Å². The van der Waals surface area contributed by atoms with Crippen LogP contribution in [0.5, 0.6) is 17.2 Å². The summed E-state index contributed by atoms with van der Waals surface area (Å²) in [5, 5.41) is 17.8. The molecule has 1 fully saturated rings. The summed E-state index contributed by atoms with van der Waals surface area (Å²) in [7, 11) is 2.28. The van der Waals surface area contributed by atoms with Crippen LogP contribution in [-0.2, 0) is 35.3 Å². The van der Waals surface area contributed by atoms with Gasteiger partial charge >= 0.3 is 17.9 Å². The predicted octanol–water partition coefficient (Wildman–Crippen LogP) is 0.0630. The lowest BCUT2D eigenvalue weighted by molar-refractivity contribution is -0.151. The van der Waals surface area contributed by atoms with Crippen LogP contribution in [0.4, 0.5) is 0 Å². The highest BCUT2D eigenvalue weighted by Crippen LogP contribution is 2.43. The maximum absolute atomic E-state index is 14.8. The summed E-state index contributed by atoms with van der Waals surface area (Å²) in [6.45, 7) is -0.143. The SMILES string of the molecule is COC(=O)COc1cccc2c(=O)c3c(OCC(=O)O)c4c(ccc5c(=O)c6cc(C)n(CC(=O)N7CC(C(=O)O)NC(=O)C7C)c(=O)c6c(=O)c54)c(OC)c3c(=O)c12. The molecule has 7 rings (SSSR count). The van der Waals surface area contributed by atoms with Gasteiger partial charge in [0, 0.05) is 38.0 Å². The molecule has 5 aromatic carbocycles. The number of carboxylic acid groups (broad SMARTS) is 2. The van der Waals surface area contributed by atoms with E-state index in [-0.39, 0.29) is 49.5 Å². The van der Waals surface area contributed by atoms with Gasteiger partial charge in [0.25, 0.3) is 5.56 Å². The van der Waals surface area contributed by atoms with Gasteiger partial charge in [-0.05, 0) is 38.1 Å². The van der Waals surface area contributed by atoms with Crippen LogP contribution < -0.4 is 46.8 Å². The van der Waals surface area contributed by atoms with E-state index in [9.17, 15) is 58.2 Å². The summed E-state index contributed by atoms with van der Waals surface area (Å²) in [4.78, 5) is 135. The Morgan fingerprint density at radius 3 is 2.07 bits per heavy atom. The number of fused-ring (bicyclic) bond motifs is 6. The Morgan fingerprint density at radius 1 is 0.746 bits per heavy atom. The number of aliphatic carboxylic acids is 2. The minimum Gasteiger partial charge on any atom is -0.495 e. The van der Waals surface area contributed by atoms with Crippen LogP contribution >= 0.6 is 0 Å². The maximum Gasteiger partial charge on any atom is 0.343 e. The summed E-state index contributed by atoms with van der Waals surface area (Å²) in [6.07, 6.45) is 0. The molecule has 19 nitrogen and oxygen atoms in total. The number of ether oxygens (including phenoxy) is 4. The van der Waals surface area contributed by atoms with Crippen molar-refractivity contribution in [3.63, 3.8) is 0 Å². The van der Waals surface area contributed by atoms with Gasteiger partial charge in [-0.2, -0.15) is 0 Å². The standard InChI is InChI=1S/C40H31N3O16/c1-15-10-20-29(39(53)42(15)12-23(44)43-11-21(40(54)55)41-38(52)16(43)2)35(51)27-18(32(20)48)8-9-19-28(27)37(59-13-24(45)46)30-31(36(19)57-4)34(50)26-17(33(30)49)6-5-7-22(26)58-14-25(47)56-3/h5-10,16,21H,11-14H2,1-4H3,(H,41,52)(H,45,46)(H,54,55). The third-order valence-corrected chi connectivity index (χ3v) is 10.4. The lowest BCUT2D eigenvalue weighted by Crippen LogP contribution is -2.63. The molecule has 302 valence electrons. The Balaban J connectivity index is 1.56. The molecule has 0 radical (unpaired) electrons. The summed E-state index contributed by atoms with van der Waals surface area (Å²) in [5.74, 6) is -6.33. The fourth-order valence-corrected chi connectivity index (χ4v) is 7.55. The van der Waals surface area contributed by atoms with Crippen molar-refractivity contribution >= 4 is 83.6 Å². The molecule has 3 N–H and O–H groups in total. The summed E-state index contributed by atoms with van der Waals surface area (Å²) in [6, 6.07) is 5.19. The van der Waals surface area contributed by atoms with E-state index in [0.29, 0.717) is 0 Å². The molecule has 1 saturated heterocycles. The molecule has 1 aliphatic heterocycles. The number of hydrogen-bond donors (Lipinski definition) is 3. The van der Waals surface area contributed by atoms with E-state index in [4.69, 9.17) is 14.2 Å². The van der Waals surface area contributed by atoms with Crippen LogP contribution in [0.2, 0.25) is 0 Å². The second-order valence-corrected chi connectivity index (χ2v) is 13.7. The predicted molar refractivity (Wildman–Crippen MR) is 208 cm³/mol. The molecule has 0 spiro atoms. The number of amides is 2. The zero-order chi connectivity index (χ0) is 42.8. The van der Waals surface area contributed by atoms with E-state index in [0.717, 1.165) is 23.7 Å². The molecule has 2 amide bonds. The largest absolute Gasteiger partial charge is 0.495 e. The van der Waals surface area contributed by atoms with Gasteiger partial charge in [0.15, 0.2) is 24.1 Å². The fourth-order valence-electron chi connectivity index (χ4n) is 7.55. The molecule has 0 bridgehead atoms. The first-order valence-electron chi connectivity index (χ1n) is 17.7. The van der Waals surface area contributed by atoms with E-state index in [1.54, 1.807) is 0 Å². The van der Waals surface area contributed by atoms with Gasteiger partial charge < -0.3 is 43.9 Å². The zero-order valence-electron chi connectivity index (χ0n) is 31.5. The summed E-state index contributed by atoms with van der Waals surface area (Å²) in [5.41, 5.74) is -4.72. The number of rotatable bonds is 10. The average Bonchev–Trinajstić information content (AvgIpc) is 3.20. The van der Waals surface area contributed by atoms with Gasteiger partial charge in [-0.1, -0.05) is 12.1 Å².